The summed E-state index contributed by atoms with van der Waals surface area (Å²) in [5.41, 5.74) is -0.205. The highest BCUT2D eigenvalue weighted by atomic mass is 32.1. The van der Waals surface area contributed by atoms with Crippen LogP contribution in [0.4, 0.5) is 18.2 Å². The fourth-order valence-corrected chi connectivity index (χ4v) is 3.88. The number of hydrogen-bond acceptors (Lipinski definition) is 3. The molecule has 1 saturated carbocycles. The molecule has 1 aromatic heterocycles. The predicted octanol–water partition coefficient (Wildman–Crippen LogP) is 5.76. The van der Waals surface area contributed by atoms with Gasteiger partial charge in [-0.05, 0) is 12.8 Å². The minimum atomic E-state index is -4.54. The van der Waals surface area contributed by atoms with Crippen molar-refractivity contribution in [2.45, 2.75) is 19.0 Å². The maximum absolute atomic E-state index is 13.3. The van der Waals surface area contributed by atoms with Gasteiger partial charge >= 0.3 is 6.18 Å². The van der Waals surface area contributed by atoms with Crippen molar-refractivity contribution in [3.63, 3.8) is 0 Å². The fraction of sp³-hybridized carbons (Fsp3) is 0.200. The number of anilines is 1. The van der Waals surface area contributed by atoms with E-state index in [1.54, 1.807) is 0 Å². The quantitative estimate of drug-likeness (QED) is 0.618. The smallest absolute Gasteiger partial charge is 0.315 e. The Labute approximate surface area is 157 Å². The van der Waals surface area contributed by atoms with Crippen LogP contribution in [0.25, 0.3) is 21.8 Å². The highest BCUT2D eigenvalue weighted by Crippen LogP contribution is 2.58. The molecule has 0 unspecified atom stereocenters. The average Bonchev–Trinajstić information content (AvgIpc) is 3.40. The van der Waals surface area contributed by atoms with Crippen LogP contribution < -0.4 is 5.32 Å². The number of nitrogens with zero attached hydrogens (tertiary/aromatic N) is 1. The second-order valence-corrected chi connectivity index (χ2v) is 7.46. The first-order chi connectivity index (χ1) is 12.9. The van der Waals surface area contributed by atoms with Gasteiger partial charge in [-0.2, -0.15) is 13.2 Å². The van der Waals surface area contributed by atoms with Crippen LogP contribution >= 0.6 is 11.3 Å². The van der Waals surface area contributed by atoms with Crippen LogP contribution in [0, 0.1) is 5.41 Å². The first-order valence-corrected chi connectivity index (χ1v) is 9.22. The van der Waals surface area contributed by atoms with Gasteiger partial charge < -0.3 is 5.32 Å². The molecule has 4 rings (SSSR count). The molecule has 1 heterocycles. The second kappa shape index (κ2) is 6.49. The highest BCUT2D eigenvalue weighted by Gasteiger charge is 2.68. The van der Waals surface area contributed by atoms with Gasteiger partial charge in [-0.15, -0.1) is 0 Å². The molecule has 138 valence electrons. The predicted molar refractivity (Wildman–Crippen MR) is 99.3 cm³/mol. The van der Waals surface area contributed by atoms with Crippen LogP contribution in [-0.2, 0) is 4.79 Å². The third-order valence-corrected chi connectivity index (χ3v) is 5.67. The number of nitrogens with one attached hydrogen (secondary N) is 1. The Kier molecular flexibility index (Phi) is 4.26. The number of thiazole rings is 1. The van der Waals surface area contributed by atoms with Crippen LogP contribution in [0.3, 0.4) is 0 Å². The van der Waals surface area contributed by atoms with Crippen molar-refractivity contribution in [1.82, 2.24) is 4.98 Å². The molecule has 0 aliphatic heterocycles. The van der Waals surface area contributed by atoms with Crippen molar-refractivity contribution in [3.05, 3.63) is 60.7 Å². The molecule has 1 aliphatic carbocycles. The minimum Gasteiger partial charge on any atom is -0.315 e. The number of carbonyl (C=O) groups excluding carboxylic acids is 1. The van der Waals surface area contributed by atoms with E-state index in [0.29, 0.717) is 15.7 Å². The van der Waals surface area contributed by atoms with E-state index in [9.17, 15) is 18.0 Å². The first kappa shape index (κ1) is 17.7. The lowest BCUT2D eigenvalue weighted by atomic mass is 10.1. The van der Waals surface area contributed by atoms with E-state index in [4.69, 9.17) is 0 Å². The molecule has 1 aliphatic rings. The molecule has 27 heavy (non-hydrogen) atoms. The molecule has 0 bridgehead atoms. The maximum Gasteiger partial charge on any atom is 0.403 e. The van der Waals surface area contributed by atoms with E-state index in [0.717, 1.165) is 11.1 Å². The Bertz CT molecular complexity index is 964. The molecule has 2 aromatic carbocycles. The summed E-state index contributed by atoms with van der Waals surface area (Å²) < 4.78 is 39.8. The van der Waals surface area contributed by atoms with Gasteiger partial charge in [0.2, 0.25) is 5.91 Å². The number of alkyl halides is 3. The zero-order valence-electron chi connectivity index (χ0n) is 14.1. The van der Waals surface area contributed by atoms with E-state index in [2.05, 4.69) is 10.3 Å². The summed E-state index contributed by atoms with van der Waals surface area (Å²) in [6, 6.07) is 18.5. The number of carbonyl (C=O) groups is 1. The monoisotopic (exact) mass is 388 g/mol. The molecule has 0 atom stereocenters. The van der Waals surface area contributed by atoms with Crippen LogP contribution in [0.1, 0.15) is 12.8 Å². The fourth-order valence-electron chi connectivity index (χ4n) is 2.89. The molecule has 1 amide bonds. The SMILES string of the molecule is O=C(Nc1sc(-c2ccccc2)nc1-c1ccccc1)C1(C(F)(F)F)CC1. The van der Waals surface area contributed by atoms with E-state index < -0.39 is 17.5 Å². The molecule has 7 heteroatoms. The molecule has 1 N–H and O–H groups in total. The average molecular weight is 388 g/mol. The van der Waals surface area contributed by atoms with Crippen molar-refractivity contribution >= 4 is 22.2 Å². The van der Waals surface area contributed by atoms with Gasteiger partial charge in [-0.25, -0.2) is 4.98 Å². The Hall–Kier alpha value is -2.67. The van der Waals surface area contributed by atoms with Crippen molar-refractivity contribution < 1.29 is 18.0 Å². The molecule has 0 radical (unpaired) electrons. The molecule has 0 saturated heterocycles. The van der Waals surface area contributed by atoms with Gasteiger partial charge in [0.1, 0.15) is 21.1 Å². The summed E-state index contributed by atoms with van der Waals surface area (Å²) in [7, 11) is 0. The van der Waals surface area contributed by atoms with Gasteiger partial charge in [0.25, 0.3) is 0 Å². The Morgan fingerprint density at radius 3 is 2.04 bits per heavy atom. The number of hydrogen-bond donors (Lipinski definition) is 1. The number of amides is 1. The van der Waals surface area contributed by atoms with Crippen LogP contribution in [0.15, 0.2) is 60.7 Å². The topological polar surface area (TPSA) is 42.0 Å². The Morgan fingerprint density at radius 1 is 0.963 bits per heavy atom. The van der Waals surface area contributed by atoms with Crippen molar-refractivity contribution in [2.75, 3.05) is 5.32 Å². The van der Waals surface area contributed by atoms with Crippen LogP contribution in [0.2, 0.25) is 0 Å². The lowest BCUT2D eigenvalue weighted by molar-refractivity contribution is -0.189. The lowest BCUT2D eigenvalue weighted by Crippen LogP contribution is -2.36. The number of aromatic nitrogens is 1. The van der Waals surface area contributed by atoms with Crippen molar-refractivity contribution in [2.24, 2.45) is 5.41 Å². The Balaban J connectivity index is 1.73. The summed E-state index contributed by atoms with van der Waals surface area (Å²) in [5.74, 6) is -1.00. The molecule has 0 spiro atoms. The lowest BCUT2D eigenvalue weighted by Gasteiger charge is -2.18. The zero-order valence-corrected chi connectivity index (χ0v) is 14.9. The van der Waals surface area contributed by atoms with Gasteiger partial charge in [-0.1, -0.05) is 72.0 Å². The summed E-state index contributed by atoms with van der Waals surface area (Å²) in [6.07, 6.45) is -4.89. The number of benzene rings is 2. The zero-order chi connectivity index (χ0) is 19.1. The van der Waals surface area contributed by atoms with Crippen LogP contribution in [0.5, 0.6) is 0 Å². The molecule has 1 fully saturated rings. The number of halogens is 3. The van der Waals surface area contributed by atoms with Crippen molar-refractivity contribution in [3.8, 4) is 21.8 Å². The molecular weight excluding hydrogens is 373 g/mol. The second-order valence-electron chi connectivity index (χ2n) is 6.46. The van der Waals surface area contributed by atoms with E-state index in [-0.39, 0.29) is 12.8 Å². The molecular formula is C20H15F3N2OS. The van der Waals surface area contributed by atoms with E-state index in [1.165, 1.54) is 11.3 Å². The minimum absolute atomic E-state index is 0.173. The van der Waals surface area contributed by atoms with E-state index >= 15 is 0 Å². The van der Waals surface area contributed by atoms with Gasteiger partial charge in [0.05, 0.1) is 0 Å². The van der Waals surface area contributed by atoms with Gasteiger partial charge in [0.15, 0.2) is 0 Å². The number of rotatable bonds is 4. The summed E-state index contributed by atoms with van der Waals surface area (Å²) in [5, 5.41) is 3.48. The largest absolute Gasteiger partial charge is 0.403 e. The maximum atomic E-state index is 13.3. The normalized spacial score (nSPS) is 15.4. The standard InChI is InChI=1S/C20H15F3N2OS/c21-20(22,23)19(11-12-19)18(26)25-17-15(13-7-3-1-4-8-13)24-16(27-17)14-9-5-2-6-10-14/h1-10H,11-12H2,(H,25,26). The third kappa shape index (κ3) is 3.23. The van der Waals surface area contributed by atoms with Gasteiger partial charge in [0, 0.05) is 11.1 Å². The van der Waals surface area contributed by atoms with Gasteiger partial charge in [-0.3, -0.25) is 4.79 Å². The third-order valence-electron chi connectivity index (χ3n) is 4.65. The van der Waals surface area contributed by atoms with Crippen LogP contribution in [-0.4, -0.2) is 17.1 Å². The first-order valence-electron chi connectivity index (χ1n) is 8.41. The molecule has 3 nitrogen and oxygen atoms in total. The summed E-state index contributed by atoms with van der Waals surface area (Å²) in [4.78, 5) is 17.0. The van der Waals surface area contributed by atoms with Crippen molar-refractivity contribution in [1.29, 1.82) is 0 Å². The Morgan fingerprint density at radius 2 is 1.52 bits per heavy atom. The summed E-state index contributed by atoms with van der Waals surface area (Å²) >= 11 is 1.18. The highest BCUT2D eigenvalue weighted by molar-refractivity contribution is 7.19. The van der Waals surface area contributed by atoms with E-state index in [1.807, 2.05) is 60.7 Å². The summed E-state index contributed by atoms with van der Waals surface area (Å²) in [6.45, 7) is 0. The molecule has 3 aromatic rings.